The number of carbonyl (C=O) groups is 3. The average Bonchev–Trinajstić information content (AvgIpc) is 2.94. The Bertz CT molecular complexity index is 1640. The highest BCUT2D eigenvalue weighted by atomic mass is 16.5. The molecule has 0 unspecified atom stereocenters. The second-order valence-electron chi connectivity index (χ2n) is 12.5. The molecule has 2 aromatic carbocycles. The number of primary amides is 1. The van der Waals surface area contributed by atoms with Gasteiger partial charge in [0, 0.05) is 29.6 Å². The maximum Gasteiger partial charge on any atom is 0.255 e. The summed E-state index contributed by atoms with van der Waals surface area (Å²) < 4.78 is 5.70. The van der Waals surface area contributed by atoms with E-state index in [4.69, 9.17) is 10.5 Å². The van der Waals surface area contributed by atoms with Crippen molar-refractivity contribution in [1.82, 2.24) is 9.80 Å². The van der Waals surface area contributed by atoms with Crippen LogP contribution in [0.25, 0.3) is 16.9 Å². The van der Waals surface area contributed by atoms with Crippen molar-refractivity contribution >= 4 is 23.2 Å². The summed E-state index contributed by atoms with van der Waals surface area (Å²) in [4.78, 5) is 43.3. The Labute approximate surface area is 255 Å². The molecule has 1 fully saturated rings. The van der Waals surface area contributed by atoms with Gasteiger partial charge in [0.1, 0.15) is 28.6 Å². The molecule has 1 amide bonds. The van der Waals surface area contributed by atoms with Crippen LogP contribution in [0.3, 0.4) is 0 Å². The zero-order valence-electron chi connectivity index (χ0n) is 25.7. The van der Waals surface area contributed by atoms with E-state index in [0.717, 1.165) is 11.1 Å². The fourth-order valence-corrected chi connectivity index (χ4v) is 7.03. The SMILES string of the molecule is COc1ccc(CN(C)C(C)C)cc1-c1ccc(O)c2c1C[C@H]1C[C@H]3[C@H](N(C)C)C(=O)C(C(N)=O)=C(O)[C@@]3(O)C(=O)C1=C2O. The smallest absolute Gasteiger partial charge is 0.255 e. The summed E-state index contributed by atoms with van der Waals surface area (Å²) in [6.07, 6.45) is 0.189. The maximum absolute atomic E-state index is 14.1. The molecule has 0 spiro atoms. The number of nitrogens with two attached hydrogens (primary N) is 1. The van der Waals surface area contributed by atoms with Gasteiger partial charge in [-0.3, -0.25) is 24.2 Å². The molecule has 1 saturated carbocycles. The number of fused-ring (bicyclic) bond motifs is 3. The third-order valence-electron chi connectivity index (χ3n) is 9.47. The number of aliphatic hydroxyl groups is 3. The summed E-state index contributed by atoms with van der Waals surface area (Å²) >= 11 is 0. The largest absolute Gasteiger partial charge is 0.508 e. The Morgan fingerprint density at radius 3 is 2.36 bits per heavy atom. The minimum absolute atomic E-state index is 0.0111. The molecule has 3 aliphatic rings. The van der Waals surface area contributed by atoms with Crippen LogP contribution in [0, 0.1) is 11.8 Å². The van der Waals surface area contributed by atoms with Crippen molar-refractivity contribution in [3.8, 4) is 22.6 Å². The van der Waals surface area contributed by atoms with Crippen molar-refractivity contribution in [2.24, 2.45) is 17.6 Å². The van der Waals surface area contributed by atoms with Gasteiger partial charge in [-0.1, -0.05) is 12.1 Å². The molecule has 3 aliphatic carbocycles. The lowest BCUT2D eigenvalue weighted by Gasteiger charge is -2.50. The third kappa shape index (κ3) is 4.58. The number of Topliss-reactive ketones (excluding diaryl/α,β-unsaturated/α-hetero) is 2. The Balaban J connectivity index is 1.70. The van der Waals surface area contributed by atoms with Crippen LogP contribution in [0.1, 0.15) is 37.0 Å². The predicted octanol–water partition coefficient (Wildman–Crippen LogP) is 2.48. The molecule has 0 bridgehead atoms. The van der Waals surface area contributed by atoms with Gasteiger partial charge in [-0.25, -0.2) is 0 Å². The van der Waals surface area contributed by atoms with E-state index in [1.807, 2.05) is 25.2 Å². The molecule has 44 heavy (non-hydrogen) atoms. The third-order valence-corrected chi connectivity index (χ3v) is 9.47. The number of phenols is 1. The van der Waals surface area contributed by atoms with Crippen LogP contribution in [-0.4, -0.2) is 93.6 Å². The van der Waals surface area contributed by atoms with E-state index in [2.05, 4.69) is 18.7 Å². The van der Waals surface area contributed by atoms with Crippen LogP contribution in [-0.2, 0) is 27.3 Å². The fourth-order valence-electron chi connectivity index (χ4n) is 7.03. The Hall–Kier alpha value is -4.19. The van der Waals surface area contributed by atoms with Crippen molar-refractivity contribution in [1.29, 1.82) is 0 Å². The monoisotopic (exact) mass is 605 g/mol. The van der Waals surface area contributed by atoms with E-state index < -0.39 is 58.0 Å². The molecule has 0 heterocycles. The second-order valence-corrected chi connectivity index (χ2v) is 12.5. The number of phenolic OH excluding ortho intramolecular Hbond substituents is 1. The molecule has 4 atom stereocenters. The minimum Gasteiger partial charge on any atom is -0.508 e. The number of aliphatic hydroxyl groups excluding tert-OH is 2. The van der Waals surface area contributed by atoms with Crippen molar-refractivity contribution in [2.75, 3.05) is 28.3 Å². The van der Waals surface area contributed by atoms with Crippen molar-refractivity contribution < 1.29 is 39.5 Å². The van der Waals surface area contributed by atoms with Gasteiger partial charge in [0.05, 0.1) is 18.7 Å². The molecular weight excluding hydrogens is 566 g/mol. The number of aromatic hydroxyl groups is 1. The first-order valence-electron chi connectivity index (χ1n) is 14.5. The molecule has 2 aromatic rings. The minimum atomic E-state index is -2.68. The predicted molar refractivity (Wildman–Crippen MR) is 163 cm³/mol. The highest BCUT2D eigenvalue weighted by Gasteiger charge is 2.64. The van der Waals surface area contributed by atoms with E-state index in [9.17, 15) is 34.8 Å². The Morgan fingerprint density at radius 2 is 1.77 bits per heavy atom. The highest BCUT2D eigenvalue weighted by molar-refractivity contribution is 6.24. The van der Waals surface area contributed by atoms with Gasteiger partial charge in [0.2, 0.25) is 5.78 Å². The zero-order chi connectivity index (χ0) is 32.4. The molecular formula is C33H39N3O8. The van der Waals surface area contributed by atoms with Crippen molar-refractivity contribution in [2.45, 2.75) is 50.9 Å². The van der Waals surface area contributed by atoms with Gasteiger partial charge in [0.25, 0.3) is 5.91 Å². The number of carbonyl (C=O) groups excluding carboxylic acids is 3. The first kappa shape index (κ1) is 31.2. The molecule has 0 radical (unpaired) electrons. The lowest BCUT2D eigenvalue weighted by molar-refractivity contribution is -0.153. The number of ketones is 2. The summed E-state index contributed by atoms with van der Waals surface area (Å²) in [5.74, 6) is -6.27. The van der Waals surface area contributed by atoms with Gasteiger partial charge >= 0.3 is 0 Å². The quantitative estimate of drug-likeness (QED) is 0.295. The second kappa shape index (κ2) is 11.1. The van der Waals surface area contributed by atoms with Gasteiger partial charge in [-0.15, -0.1) is 0 Å². The number of rotatable bonds is 7. The molecule has 11 nitrogen and oxygen atoms in total. The molecule has 234 valence electrons. The summed E-state index contributed by atoms with van der Waals surface area (Å²) in [5, 5.41) is 45.4. The van der Waals surface area contributed by atoms with E-state index >= 15 is 0 Å². The Kier molecular flexibility index (Phi) is 7.86. The standard InChI is InChI=1S/C33H39N3O8/c1-15(2)36(5)14-16-7-10-23(44-6)19(11-16)18-8-9-22(37)25-20(18)12-17-13-21-27(35(3)4)29(39)26(32(34)42)31(41)33(21,43)30(40)24(17)28(25)38/h7-11,15,17,21,27,37-38,41,43H,12-14H2,1-6H3,(H2,34,42)/t17-,21-,27-,33-/m0/s1. The van der Waals surface area contributed by atoms with E-state index in [1.165, 1.54) is 11.0 Å². The zero-order valence-corrected chi connectivity index (χ0v) is 25.7. The van der Waals surface area contributed by atoms with Gasteiger partial charge in [-0.05, 0) is 88.6 Å². The van der Waals surface area contributed by atoms with Crippen LogP contribution >= 0.6 is 0 Å². The van der Waals surface area contributed by atoms with Crippen molar-refractivity contribution in [3.05, 3.63) is 63.9 Å². The molecule has 0 aromatic heterocycles. The number of nitrogens with zero attached hydrogens (tertiary/aromatic N) is 2. The number of likely N-dealkylation sites (N-methyl/N-ethyl adjacent to an activating group) is 1. The van der Waals surface area contributed by atoms with Crippen molar-refractivity contribution in [3.63, 3.8) is 0 Å². The first-order chi connectivity index (χ1) is 20.6. The molecule has 11 heteroatoms. The maximum atomic E-state index is 14.1. The molecule has 5 rings (SSSR count). The summed E-state index contributed by atoms with van der Waals surface area (Å²) in [5.41, 5.74) is 4.74. The average molecular weight is 606 g/mol. The van der Waals surface area contributed by atoms with Crippen LogP contribution in [0.2, 0.25) is 0 Å². The number of benzene rings is 2. The lowest BCUT2D eigenvalue weighted by Crippen LogP contribution is -2.65. The lowest BCUT2D eigenvalue weighted by atomic mass is 9.57. The Morgan fingerprint density at radius 1 is 1.09 bits per heavy atom. The summed E-state index contributed by atoms with van der Waals surface area (Å²) in [6, 6.07) is 8.18. The summed E-state index contributed by atoms with van der Waals surface area (Å²) in [7, 11) is 6.72. The van der Waals surface area contributed by atoms with Crippen LogP contribution in [0.5, 0.6) is 11.5 Å². The van der Waals surface area contributed by atoms with Gasteiger partial charge in [-0.2, -0.15) is 0 Å². The molecule has 0 saturated heterocycles. The normalized spacial score (nSPS) is 25.0. The molecule has 6 N–H and O–H groups in total. The number of hydrogen-bond acceptors (Lipinski definition) is 10. The highest BCUT2D eigenvalue weighted by Crippen LogP contribution is 2.54. The van der Waals surface area contributed by atoms with E-state index in [0.29, 0.717) is 29.5 Å². The summed E-state index contributed by atoms with van der Waals surface area (Å²) in [6.45, 7) is 4.88. The number of amides is 1. The number of hydrogen-bond donors (Lipinski definition) is 5. The van der Waals surface area contributed by atoms with Gasteiger partial charge in [0.15, 0.2) is 11.4 Å². The van der Waals surface area contributed by atoms with Crippen LogP contribution in [0.4, 0.5) is 0 Å². The van der Waals surface area contributed by atoms with E-state index in [1.54, 1.807) is 27.3 Å². The van der Waals surface area contributed by atoms with E-state index in [-0.39, 0.29) is 29.7 Å². The topological polar surface area (TPSA) is 174 Å². The van der Waals surface area contributed by atoms with Gasteiger partial charge < -0.3 is 30.9 Å². The molecule has 0 aliphatic heterocycles. The number of ether oxygens (including phenoxy) is 1. The fraction of sp³-hybridized carbons (Fsp3) is 0.424. The number of methoxy groups -OCH3 is 1. The van der Waals surface area contributed by atoms with Crippen LogP contribution < -0.4 is 10.5 Å². The van der Waals surface area contributed by atoms with Crippen LogP contribution in [0.15, 0.2) is 47.2 Å². The first-order valence-corrected chi connectivity index (χ1v) is 14.5.